The van der Waals surface area contributed by atoms with Crippen LogP contribution in [0, 0.1) is 0 Å². The number of aromatic nitrogens is 2. The van der Waals surface area contributed by atoms with E-state index in [9.17, 15) is 4.79 Å². The molecule has 0 unspecified atom stereocenters. The first-order chi connectivity index (χ1) is 11.3. The van der Waals surface area contributed by atoms with E-state index in [0.29, 0.717) is 12.3 Å². The SMILES string of the molecule is CCn1ccnc(Oc2ccc(Cc3ccccc3)cc2)c1=O. The van der Waals surface area contributed by atoms with Crippen molar-refractivity contribution in [1.29, 1.82) is 0 Å². The van der Waals surface area contributed by atoms with E-state index in [-0.39, 0.29) is 11.4 Å². The monoisotopic (exact) mass is 306 g/mol. The normalized spacial score (nSPS) is 10.5. The number of rotatable bonds is 5. The second-order valence-corrected chi connectivity index (χ2v) is 5.23. The fourth-order valence-electron chi connectivity index (χ4n) is 2.36. The summed E-state index contributed by atoms with van der Waals surface area (Å²) in [7, 11) is 0. The maximum absolute atomic E-state index is 12.1. The first kappa shape index (κ1) is 15.0. The molecule has 116 valence electrons. The smallest absolute Gasteiger partial charge is 0.313 e. The van der Waals surface area contributed by atoms with E-state index >= 15 is 0 Å². The highest BCUT2D eigenvalue weighted by Gasteiger charge is 2.06. The molecule has 0 fully saturated rings. The zero-order chi connectivity index (χ0) is 16.1. The Labute approximate surface area is 135 Å². The fourth-order valence-corrected chi connectivity index (χ4v) is 2.36. The van der Waals surface area contributed by atoms with Gasteiger partial charge in [-0.3, -0.25) is 4.79 Å². The Bertz CT molecular complexity index is 824. The molecular formula is C19H18N2O2. The summed E-state index contributed by atoms with van der Waals surface area (Å²) in [4.78, 5) is 16.1. The van der Waals surface area contributed by atoms with Gasteiger partial charge in [-0.2, -0.15) is 0 Å². The zero-order valence-corrected chi connectivity index (χ0v) is 13.0. The minimum Gasteiger partial charge on any atom is -0.435 e. The highest BCUT2D eigenvalue weighted by molar-refractivity contribution is 5.33. The molecule has 1 heterocycles. The lowest BCUT2D eigenvalue weighted by Crippen LogP contribution is -2.20. The lowest BCUT2D eigenvalue weighted by atomic mass is 10.1. The highest BCUT2D eigenvalue weighted by atomic mass is 16.5. The van der Waals surface area contributed by atoms with Crippen LogP contribution < -0.4 is 10.3 Å². The van der Waals surface area contributed by atoms with E-state index in [2.05, 4.69) is 17.1 Å². The van der Waals surface area contributed by atoms with Gasteiger partial charge in [-0.15, -0.1) is 0 Å². The number of hydrogen-bond acceptors (Lipinski definition) is 3. The number of hydrogen-bond donors (Lipinski definition) is 0. The van der Waals surface area contributed by atoms with Crippen LogP contribution in [0.15, 0.2) is 71.8 Å². The van der Waals surface area contributed by atoms with Gasteiger partial charge in [0.05, 0.1) is 0 Å². The standard InChI is InChI=1S/C19H18N2O2/c1-2-21-13-12-20-18(19(21)22)23-17-10-8-16(9-11-17)14-15-6-4-3-5-7-15/h3-13H,2,14H2,1H3. The van der Waals surface area contributed by atoms with E-state index in [1.54, 1.807) is 17.0 Å². The molecule has 0 N–H and O–H groups in total. The molecule has 1 aromatic heterocycles. The van der Waals surface area contributed by atoms with Gasteiger partial charge < -0.3 is 9.30 Å². The second kappa shape index (κ2) is 6.92. The van der Waals surface area contributed by atoms with Gasteiger partial charge in [0.1, 0.15) is 5.75 Å². The summed E-state index contributed by atoms with van der Waals surface area (Å²) >= 11 is 0. The van der Waals surface area contributed by atoms with E-state index in [1.165, 1.54) is 11.1 Å². The molecule has 23 heavy (non-hydrogen) atoms. The van der Waals surface area contributed by atoms with Crippen LogP contribution in [-0.2, 0) is 13.0 Å². The summed E-state index contributed by atoms with van der Waals surface area (Å²) < 4.78 is 7.17. The first-order valence-electron chi connectivity index (χ1n) is 7.62. The third kappa shape index (κ3) is 3.66. The number of aryl methyl sites for hydroxylation is 1. The van der Waals surface area contributed by atoms with E-state index < -0.39 is 0 Å². The Hall–Kier alpha value is -2.88. The third-order valence-electron chi connectivity index (χ3n) is 3.61. The molecule has 0 spiro atoms. The second-order valence-electron chi connectivity index (χ2n) is 5.23. The molecule has 3 aromatic rings. The molecule has 0 aliphatic carbocycles. The molecule has 0 aliphatic heterocycles. The van der Waals surface area contributed by atoms with Crippen molar-refractivity contribution < 1.29 is 4.74 Å². The minimum atomic E-state index is -0.219. The van der Waals surface area contributed by atoms with Crippen molar-refractivity contribution >= 4 is 0 Å². The largest absolute Gasteiger partial charge is 0.435 e. The summed E-state index contributed by atoms with van der Waals surface area (Å²) in [5, 5.41) is 0. The topological polar surface area (TPSA) is 44.1 Å². The Balaban J connectivity index is 1.74. The van der Waals surface area contributed by atoms with Gasteiger partial charge in [0, 0.05) is 18.9 Å². The van der Waals surface area contributed by atoms with Crippen molar-refractivity contribution in [2.24, 2.45) is 0 Å². The van der Waals surface area contributed by atoms with Gasteiger partial charge in [-0.1, -0.05) is 42.5 Å². The fraction of sp³-hybridized carbons (Fsp3) is 0.158. The van der Waals surface area contributed by atoms with Crippen molar-refractivity contribution in [3.63, 3.8) is 0 Å². The summed E-state index contributed by atoms with van der Waals surface area (Å²) in [6, 6.07) is 18.0. The highest BCUT2D eigenvalue weighted by Crippen LogP contribution is 2.18. The van der Waals surface area contributed by atoms with E-state index in [4.69, 9.17) is 4.74 Å². The Kier molecular flexibility index (Phi) is 4.52. The number of benzene rings is 2. The molecule has 4 heteroatoms. The van der Waals surface area contributed by atoms with Crippen LogP contribution in [-0.4, -0.2) is 9.55 Å². The van der Waals surface area contributed by atoms with Gasteiger partial charge in [0.2, 0.25) is 0 Å². The Morgan fingerprint density at radius 1 is 1.00 bits per heavy atom. The molecule has 4 nitrogen and oxygen atoms in total. The van der Waals surface area contributed by atoms with Crippen LogP contribution in [0.1, 0.15) is 18.1 Å². The van der Waals surface area contributed by atoms with Gasteiger partial charge in [0.15, 0.2) is 0 Å². The molecule has 2 aromatic carbocycles. The number of nitrogens with zero attached hydrogens (tertiary/aromatic N) is 2. The quantitative estimate of drug-likeness (QED) is 0.723. The van der Waals surface area contributed by atoms with Crippen LogP contribution >= 0.6 is 0 Å². The van der Waals surface area contributed by atoms with E-state index in [0.717, 1.165) is 6.42 Å². The molecule has 0 amide bonds. The average Bonchev–Trinajstić information content (AvgIpc) is 2.59. The molecule has 3 rings (SSSR count). The van der Waals surface area contributed by atoms with Crippen LogP contribution in [0.5, 0.6) is 11.6 Å². The maximum Gasteiger partial charge on any atom is 0.313 e. The average molecular weight is 306 g/mol. The molecule has 0 saturated heterocycles. The Morgan fingerprint density at radius 2 is 1.70 bits per heavy atom. The summed E-state index contributed by atoms with van der Waals surface area (Å²) in [6.07, 6.45) is 4.09. The van der Waals surface area contributed by atoms with Crippen LogP contribution in [0.3, 0.4) is 0 Å². The van der Waals surface area contributed by atoms with Crippen LogP contribution in [0.25, 0.3) is 0 Å². The van der Waals surface area contributed by atoms with Crippen molar-refractivity contribution in [2.45, 2.75) is 19.9 Å². The van der Waals surface area contributed by atoms with Gasteiger partial charge >= 0.3 is 5.56 Å². The van der Waals surface area contributed by atoms with Gasteiger partial charge in [-0.25, -0.2) is 4.98 Å². The summed E-state index contributed by atoms with van der Waals surface area (Å²) in [5.74, 6) is 0.713. The first-order valence-corrected chi connectivity index (χ1v) is 7.62. The predicted molar refractivity (Wildman–Crippen MR) is 89.9 cm³/mol. The molecule has 0 bridgehead atoms. The lowest BCUT2D eigenvalue weighted by molar-refractivity contribution is 0.445. The van der Waals surface area contributed by atoms with Gasteiger partial charge in [0.25, 0.3) is 5.88 Å². The van der Waals surface area contributed by atoms with E-state index in [1.807, 2.05) is 49.4 Å². The number of ether oxygens (including phenoxy) is 1. The summed E-state index contributed by atoms with van der Waals surface area (Å²) in [5.41, 5.74) is 2.23. The van der Waals surface area contributed by atoms with Crippen LogP contribution in [0.2, 0.25) is 0 Å². The molecule has 0 radical (unpaired) electrons. The van der Waals surface area contributed by atoms with Crippen molar-refractivity contribution in [3.05, 3.63) is 88.5 Å². The lowest BCUT2D eigenvalue weighted by Gasteiger charge is -2.07. The van der Waals surface area contributed by atoms with Crippen molar-refractivity contribution in [2.75, 3.05) is 0 Å². The molecule has 0 atom stereocenters. The maximum atomic E-state index is 12.1. The Morgan fingerprint density at radius 3 is 2.39 bits per heavy atom. The van der Waals surface area contributed by atoms with Crippen molar-refractivity contribution in [1.82, 2.24) is 9.55 Å². The predicted octanol–water partition coefficient (Wildman–Crippen LogP) is 3.65. The van der Waals surface area contributed by atoms with Crippen LogP contribution in [0.4, 0.5) is 0 Å². The van der Waals surface area contributed by atoms with Crippen molar-refractivity contribution in [3.8, 4) is 11.6 Å². The molecular weight excluding hydrogens is 288 g/mol. The minimum absolute atomic E-state index is 0.102. The zero-order valence-electron chi connectivity index (χ0n) is 13.0. The molecule has 0 saturated carbocycles. The van der Waals surface area contributed by atoms with Gasteiger partial charge in [-0.05, 0) is 36.6 Å². The summed E-state index contributed by atoms with van der Waals surface area (Å²) in [6.45, 7) is 2.50. The molecule has 0 aliphatic rings. The third-order valence-corrected chi connectivity index (χ3v) is 3.61.